The molecule has 0 saturated carbocycles. The summed E-state index contributed by atoms with van der Waals surface area (Å²) >= 11 is 0. The number of piperidine rings is 1. The largest absolute Gasteiger partial charge is 0.497 e. The van der Waals surface area contributed by atoms with Gasteiger partial charge >= 0.3 is 6.03 Å². The molecule has 2 aromatic rings. The van der Waals surface area contributed by atoms with Crippen LogP contribution < -0.4 is 10.1 Å². The lowest BCUT2D eigenvalue weighted by atomic mass is 9.90. The van der Waals surface area contributed by atoms with E-state index in [1.165, 1.54) is 11.6 Å². The van der Waals surface area contributed by atoms with Gasteiger partial charge in [0, 0.05) is 13.1 Å². The van der Waals surface area contributed by atoms with Crippen molar-refractivity contribution in [3.05, 3.63) is 59.9 Å². The lowest BCUT2D eigenvalue weighted by molar-refractivity contribution is 0.180. The summed E-state index contributed by atoms with van der Waals surface area (Å²) < 4.78 is 18.8. The third kappa shape index (κ3) is 4.75. The molecule has 0 atom stereocenters. The van der Waals surface area contributed by atoms with Crippen molar-refractivity contribution in [3.8, 4) is 5.75 Å². The van der Waals surface area contributed by atoms with Gasteiger partial charge in [-0.3, -0.25) is 0 Å². The zero-order valence-corrected chi connectivity index (χ0v) is 15.1. The molecular formula is C21H25FN2O2. The van der Waals surface area contributed by atoms with Gasteiger partial charge in [0.05, 0.1) is 12.8 Å². The van der Waals surface area contributed by atoms with E-state index in [1.807, 2.05) is 12.1 Å². The number of ether oxygens (including phenoxy) is 1. The van der Waals surface area contributed by atoms with Crippen LogP contribution in [0.5, 0.6) is 5.75 Å². The molecule has 0 radical (unpaired) electrons. The summed E-state index contributed by atoms with van der Waals surface area (Å²) in [6, 6.07) is 14.2. The number of aryl methyl sites for hydroxylation is 1. The molecule has 2 aromatic carbocycles. The second-order valence-electron chi connectivity index (χ2n) is 6.73. The second-order valence-corrected chi connectivity index (χ2v) is 6.73. The first-order valence-corrected chi connectivity index (χ1v) is 9.09. The van der Waals surface area contributed by atoms with E-state index in [0.717, 1.165) is 31.4 Å². The zero-order chi connectivity index (χ0) is 18.4. The lowest BCUT2D eigenvalue weighted by Crippen LogP contribution is -2.41. The average molecular weight is 356 g/mol. The van der Waals surface area contributed by atoms with Gasteiger partial charge in [-0.15, -0.1) is 0 Å². The fraction of sp³-hybridized carbons (Fsp3) is 0.381. The Morgan fingerprint density at radius 3 is 2.50 bits per heavy atom. The Morgan fingerprint density at radius 1 is 1.15 bits per heavy atom. The average Bonchev–Trinajstić information content (AvgIpc) is 2.69. The summed E-state index contributed by atoms with van der Waals surface area (Å²) in [6.07, 6.45) is 4.13. The number of para-hydroxylation sites is 1. The molecule has 1 heterocycles. The highest BCUT2D eigenvalue weighted by molar-refractivity contribution is 5.89. The molecule has 1 saturated heterocycles. The molecular weight excluding hydrogens is 331 g/mol. The number of likely N-dealkylation sites (tertiary alicyclic amines) is 1. The maximum absolute atomic E-state index is 13.6. The molecule has 2 amide bonds. The molecule has 138 valence electrons. The van der Waals surface area contributed by atoms with Crippen LogP contribution >= 0.6 is 0 Å². The van der Waals surface area contributed by atoms with Crippen molar-refractivity contribution in [2.24, 2.45) is 5.92 Å². The van der Waals surface area contributed by atoms with Gasteiger partial charge in [0.15, 0.2) is 0 Å². The van der Waals surface area contributed by atoms with Gasteiger partial charge < -0.3 is 15.0 Å². The first kappa shape index (κ1) is 18.2. The van der Waals surface area contributed by atoms with Gasteiger partial charge in [-0.25, -0.2) is 9.18 Å². The van der Waals surface area contributed by atoms with Crippen LogP contribution in [0.2, 0.25) is 0 Å². The topological polar surface area (TPSA) is 41.6 Å². The molecule has 0 unspecified atom stereocenters. The van der Waals surface area contributed by atoms with Crippen LogP contribution in [0.1, 0.15) is 24.8 Å². The fourth-order valence-corrected chi connectivity index (χ4v) is 3.34. The first-order chi connectivity index (χ1) is 12.7. The van der Waals surface area contributed by atoms with Crippen LogP contribution in [0.15, 0.2) is 48.5 Å². The third-order valence-corrected chi connectivity index (χ3v) is 5.02. The molecule has 0 aliphatic carbocycles. The van der Waals surface area contributed by atoms with Crippen molar-refractivity contribution in [2.45, 2.75) is 25.7 Å². The summed E-state index contributed by atoms with van der Waals surface area (Å²) in [5, 5.41) is 2.66. The minimum atomic E-state index is -0.407. The number of urea groups is 1. The van der Waals surface area contributed by atoms with Gasteiger partial charge in [-0.2, -0.15) is 0 Å². The van der Waals surface area contributed by atoms with Crippen LogP contribution in [-0.2, 0) is 6.42 Å². The van der Waals surface area contributed by atoms with E-state index in [-0.39, 0.29) is 11.7 Å². The monoisotopic (exact) mass is 356 g/mol. The van der Waals surface area contributed by atoms with E-state index in [0.29, 0.717) is 19.0 Å². The quantitative estimate of drug-likeness (QED) is 0.843. The number of hydrogen-bond donors (Lipinski definition) is 1. The minimum Gasteiger partial charge on any atom is -0.497 e. The van der Waals surface area contributed by atoms with Crippen molar-refractivity contribution in [2.75, 3.05) is 25.5 Å². The summed E-state index contributed by atoms with van der Waals surface area (Å²) in [5.74, 6) is 1.09. The minimum absolute atomic E-state index is 0.219. The zero-order valence-electron chi connectivity index (χ0n) is 15.1. The van der Waals surface area contributed by atoms with E-state index in [9.17, 15) is 9.18 Å². The predicted octanol–water partition coefficient (Wildman–Crippen LogP) is 4.71. The number of carbonyl (C=O) groups is 1. The molecule has 1 aliphatic rings. The molecule has 4 nitrogen and oxygen atoms in total. The molecule has 1 N–H and O–H groups in total. The number of carbonyl (C=O) groups excluding carboxylic acids is 1. The first-order valence-electron chi connectivity index (χ1n) is 9.09. The Bertz CT molecular complexity index is 725. The van der Waals surface area contributed by atoms with E-state index in [2.05, 4.69) is 17.4 Å². The Hall–Kier alpha value is -2.56. The van der Waals surface area contributed by atoms with Gasteiger partial charge in [0.25, 0.3) is 0 Å². The summed E-state index contributed by atoms with van der Waals surface area (Å²) in [4.78, 5) is 14.1. The van der Waals surface area contributed by atoms with Crippen molar-refractivity contribution in [1.29, 1.82) is 0 Å². The van der Waals surface area contributed by atoms with Gasteiger partial charge in [0.2, 0.25) is 0 Å². The number of amides is 2. The van der Waals surface area contributed by atoms with E-state index >= 15 is 0 Å². The van der Waals surface area contributed by atoms with Crippen LogP contribution in [0.25, 0.3) is 0 Å². The van der Waals surface area contributed by atoms with Gasteiger partial charge in [-0.1, -0.05) is 24.3 Å². The standard InChI is InChI=1S/C21H25FN2O2/c1-26-18-10-8-16(9-11-18)6-7-17-12-14-24(15-13-17)21(25)23-20-5-3-2-4-19(20)22/h2-5,8-11,17H,6-7,12-15H2,1H3,(H,23,25). The van der Waals surface area contributed by atoms with Crippen molar-refractivity contribution >= 4 is 11.7 Å². The van der Waals surface area contributed by atoms with Crippen LogP contribution in [0.3, 0.4) is 0 Å². The number of nitrogens with zero attached hydrogens (tertiary/aromatic N) is 1. The molecule has 0 spiro atoms. The number of methoxy groups -OCH3 is 1. The van der Waals surface area contributed by atoms with E-state index in [1.54, 1.807) is 30.2 Å². The Morgan fingerprint density at radius 2 is 1.85 bits per heavy atom. The molecule has 0 bridgehead atoms. The second kappa shape index (κ2) is 8.70. The van der Waals surface area contributed by atoms with E-state index in [4.69, 9.17) is 4.74 Å². The maximum Gasteiger partial charge on any atom is 0.321 e. The number of anilines is 1. The highest BCUT2D eigenvalue weighted by Crippen LogP contribution is 2.24. The number of nitrogens with one attached hydrogen (secondary N) is 1. The smallest absolute Gasteiger partial charge is 0.321 e. The molecule has 1 fully saturated rings. The fourth-order valence-electron chi connectivity index (χ4n) is 3.34. The molecule has 3 rings (SSSR count). The Labute approximate surface area is 154 Å². The Balaban J connectivity index is 1.43. The number of halogens is 1. The van der Waals surface area contributed by atoms with Crippen molar-refractivity contribution < 1.29 is 13.9 Å². The Kier molecular flexibility index (Phi) is 6.10. The van der Waals surface area contributed by atoms with E-state index < -0.39 is 5.82 Å². The van der Waals surface area contributed by atoms with Crippen LogP contribution in [0, 0.1) is 11.7 Å². The van der Waals surface area contributed by atoms with Crippen LogP contribution in [0.4, 0.5) is 14.9 Å². The number of benzene rings is 2. The number of hydrogen-bond acceptors (Lipinski definition) is 2. The predicted molar refractivity (Wildman–Crippen MR) is 101 cm³/mol. The molecule has 5 heteroatoms. The number of rotatable bonds is 5. The van der Waals surface area contributed by atoms with Gasteiger partial charge in [0.1, 0.15) is 11.6 Å². The lowest BCUT2D eigenvalue weighted by Gasteiger charge is -2.32. The van der Waals surface area contributed by atoms with Crippen LogP contribution in [-0.4, -0.2) is 31.1 Å². The maximum atomic E-state index is 13.6. The molecule has 1 aliphatic heterocycles. The molecule has 0 aromatic heterocycles. The molecule has 26 heavy (non-hydrogen) atoms. The SMILES string of the molecule is COc1ccc(CCC2CCN(C(=O)Nc3ccccc3F)CC2)cc1. The highest BCUT2D eigenvalue weighted by Gasteiger charge is 2.23. The summed E-state index contributed by atoms with van der Waals surface area (Å²) in [5.41, 5.74) is 1.55. The highest BCUT2D eigenvalue weighted by atomic mass is 19.1. The van der Waals surface area contributed by atoms with Gasteiger partial charge in [-0.05, 0) is 61.4 Å². The van der Waals surface area contributed by atoms with Crippen molar-refractivity contribution in [3.63, 3.8) is 0 Å². The normalized spacial score (nSPS) is 14.9. The summed E-state index contributed by atoms with van der Waals surface area (Å²) in [7, 11) is 1.67. The third-order valence-electron chi connectivity index (χ3n) is 5.02. The van der Waals surface area contributed by atoms with Crippen molar-refractivity contribution in [1.82, 2.24) is 4.90 Å². The summed E-state index contributed by atoms with van der Waals surface area (Å²) in [6.45, 7) is 1.43.